The molecular formula is C26H36N2O. The van der Waals surface area contributed by atoms with E-state index >= 15 is 0 Å². The van der Waals surface area contributed by atoms with Crippen LogP contribution in [0, 0.1) is 35.5 Å². The van der Waals surface area contributed by atoms with E-state index in [1.54, 1.807) is 12.5 Å². The number of pyridine rings is 1. The fourth-order valence-electron chi connectivity index (χ4n) is 8.18. The molecular weight excluding hydrogens is 356 g/mol. The lowest BCUT2D eigenvalue weighted by Crippen LogP contribution is -2.61. The molecule has 6 atom stereocenters. The third-order valence-electron chi connectivity index (χ3n) is 9.48. The topological polar surface area (TPSA) is 33.2 Å². The lowest BCUT2D eigenvalue weighted by atomic mass is 9.46. The molecule has 2 saturated carbocycles. The summed E-state index contributed by atoms with van der Waals surface area (Å²) in [5.41, 5.74) is 4.74. The van der Waals surface area contributed by atoms with E-state index in [-0.39, 0.29) is 11.3 Å². The second kappa shape index (κ2) is 6.68. The maximum absolute atomic E-state index is 12.3. The van der Waals surface area contributed by atoms with E-state index in [1.807, 2.05) is 6.20 Å². The van der Waals surface area contributed by atoms with Gasteiger partial charge in [0.1, 0.15) is 0 Å². The van der Waals surface area contributed by atoms with Gasteiger partial charge in [-0.2, -0.15) is 0 Å². The van der Waals surface area contributed by atoms with Crippen LogP contribution in [-0.4, -0.2) is 28.4 Å². The Bertz CT molecular complexity index is 860. The molecule has 0 radical (unpaired) electrons. The van der Waals surface area contributed by atoms with Gasteiger partial charge in [0.25, 0.3) is 0 Å². The Morgan fingerprint density at radius 3 is 2.72 bits per heavy atom. The zero-order valence-corrected chi connectivity index (χ0v) is 18.6. The van der Waals surface area contributed by atoms with Crippen LogP contribution >= 0.6 is 0 Å². The number of hydrogen-bond donors (Lipinski definition) is 0. The van der Waals surface area contributed by atoms with Gasteiger partial charge in [0, 0.05) is 31.9 Å². The third kappa shape index (κ3) is 2.75. The predicted octanol–water partition coefficient (Wildman–Crippen LogP) is 5.64. The van der Waals surface area contributed by atoms with E-state index in [9.17, 15) is 4.79 Å². The highest BCUT2D eigenvalue weighted by Gasteiger charge is 2.59. The quantitative estimate of drug-likeness (QED) is 0.620. The molecule has 1 aromatic heterocycles. The summed E-state index contributed by atoms with van der Waals surface area (Å²) in [6.07, 6.45) is 15.4. The smallest absolute Gasteiger partial charge is 0.219 e. The Balaban J connectivity index is 1.45. The fraction of sp³-hybridized carbons (Fsp3) is 0.692. The monoisotopic (exact) mass is 392 g/mol. The van der Waals surface area contributed by atoms with Crippen LogP contribution in [0.1, 0.15) is 76.8 Å². The maximum atomic E-state index is 12.3. The van der Waals surface area contributed by atoms with Gasteiger partial charge in [0.15, 0.2) is 0 Å². The summed E-state index contributed by atoms with van der Waals surface area (Å²) in [5, 5.41) is 0. The summed E-state index contributed by atoms with van der Waals surface area (Å²) in [4.78, 5) is 19.0. The molecule has 1 aliphatic heterocycles. The molecule has 3 heteroatoms. The summed E-state index contributed by atoms with van der Waals surface area (Å²) >= 11 is 0. The minimum Gasteiger partial charge on any atom is -0.339 e. The summed E-state index contributed by atoms with van der Waals surface area (Å²) < 4.78 is 0. The normalized spacial score (nSPS) is 41.2. The van der Waals surface area contributed by atoms with Gasteiger partial charge in [0.05, 0.1) is 0 Å². The number of allylic oxidation sites excluding steroid dienone is 2. The third-order valence-corrected chi connectivity index (χ3v) is 9.48. The Kier molecular flexibility index (Phi) is 4.46. The minimum atomic E-state index is 0.286. The van der Waals surface area contributed by atoms with E-state index in [4.69, 9.17) is 0 Å². The van der Waals surface area contributed by atoms with Gasteiger partial charge >= 0.3 is 0 Å². The summed E-state index contributed by atoms with van der Waals surface area (Å²) in [6, 6.07) is 2.79. The minimum absolute atomic E-state index is 0.286. The standard InChI is InChI=1S/C26H36N2O/c1-17-14-19(16-27-15-17)21-7-8-22-20-6-9-24-26(4,11-5-13-28(24)18(2)29)23(20)10-12-25(21,22)3/h7,14-16,20,22-24H,5-6,8-13H2,1-4H3. The molecule has 0 bridgehead atoms. The van der Waals surface area contributed by atoms with Gasteiger partial charge < -0.3 is 4.90 Å². The Hall–Kier alpha value is -1.64. The van der Waals surface area contributed by atoms with E-state index in [1.165, 1.54) is 56.1 Å². The molecule has 156 valence electrons. The maximum Gasteiger partial charge on any atom is 0.219 e. The van der Waals surface area contributed by atoms with Crippen molar-refractivity contribution in [1.29, 1.82) is 0 Å². The molecule has 1 saturated heterocycles. The number of fused-ring (bicyclic) bond motifs is 5. The molecule has 3 aliphatic carbocycles. The average Bonchev–Trinajstić information content (AvgIpc) is 3.04. The highest BCUT2D eigenvalue weighted by atomic mass is 16.2. The van der Waals surface area contributed by atoms with Gasteiger partial charge in [-0.15, -0.1) is 0 Å². The number of rotatable bonds is 1. The zero-order valence-electron chi connectivity index (χ0n) is 18.6. The molecule has 5 rings (SSSR count). The van der Waals surface area contributed by atoms with Crippen molar-refractivity contribution in [3.8, 4) is 0 Å². The van der Waals surface area contributed by atoms with Gasteiger partial charge in [-0.25, -0.2) is 0 Å². The van der Waals surface area contributed by atoms with Crippen LogP contribution in [0.15, 0.2) is 24.5 Å². The number of piperidine rings is 1. The van der Waals surface area contributed by atoms with Crippen molar-refractivity contribution in [2.24, 2.45) is 28.6 Å². The van der Waals surface area contributed by atoms with Crippen LogP contribution in [0.4, 0.5) is 0 Å². The van der Waals surface area contributed by atoms with Crippen LogP contribution in [0.25, 0.3) is 5.57 Å². The summed E-state index contributed by atoms with van der Waals surface area (Å²) in [5.74, 6) is 2.61. The first-order valence-corrected chi connectivity index (χ1v) is 11.7. The number of likely N-dealkylation sites (tertiary alicyclic amines) is 1. The van der Waals surface area contributed by atoms with E-state index < -0.39 is 0 Å². The first kappa shape index (κ1) is 19.3. The number of hydrogen-bond acceptors (Lipinski definition) is 2. The van der Waals surface area contributed by atoms with Crippen LogP contribution < -0.4 is 0 Å². The lowest BCUT2D eigenvalue weighted by Gasteiger charge is -2.62. The number of aryl methyl sites for hydroxylation is 1. The van der Waals surface area contributed by atoms with Crippen LogP contribution in [0.2, 0.25) is 0 Å². The highest BCUT2D eigenvalue weighted by molar-refractivity contribution is 5.74. The molecule has 0 aromatic carbocycles. The predicted molar refractivity (Wildman–Crippen MR) is 117 cm³/mol. The van der Waals surface area contributed by atoms with Crippen molar-refractivity contribution in [3.63, 3.8) is 0 Å². The molecule has 29 heavy (non-hydrogen) atoms. The van der Waals surface area contributed by atoms with Crippen molar-refractivity contribution < 1.29 is 4.79 Å². The molecule has 2 heterocycles. The van der Waals surface area contributed by atoms with Gasteiger partial charge in [0.2, 0.25) is 5.91 Å². The highest BCUT2D eigenvalue weighted by Crippen LogP contribution is 2.66. The van der Waals surface area contributed by atoms with Gasteiger partial charge in [-0.05, 0) is 103 Å². The number of carbonyl (C=O) groups excluding carboxylic acids is 1. The molecule has 4 aliphatic rings. The van der Waals surface area contributed by atoms with Crippen LogP contribution in [-0.2, 0) is 4.79 Å². The number of carbonyl (C=O) groups is 1. The van der Waals surface area contributed by atoms with E-state index in [2.05, 4.69) is 49.0 Å². The average molecular weight is 393 g/mol. The summed E-state index contributed by atoms with van der Waals surface area (Å²) in [6.45, 7) is 9.96. The van der Waals surface area contributed by atoms with Crippen molar-refractivity contribution in [2.75, 3.05) is 6.54 Å². The van der Waals surface area contributed by atoms with Crippen molar-refractivity contribution in [1.82, 2.24) is 9.88 Å². The molecule has 1 aromatic rings. The van der Waals surface area contributed by atoms with Crippen LogP contribution in [0.5, 0.6) is 0 Å². The molecule has 6 unspecified atom stereocenters. The van der Waals surface area contributed by atoms with Gasteiger partial charge in [-0.1, -0.05) is 19.9 Å². The first-order chi connectivity index (χ1) is 13.8. The second-order valence-electron chi connectivity index (χ2n) is 10.9. The SMILES string of the molecule is CC(=O)N1CCCC2(C)C3CCC4(C)C(c5cncc(C)c5)=CCC4C3CCC12. The largest absolute Gasteiger partial charge is 0.339 e. The molecule has 1 amide bonds. The number of aromatic nitrogens is 1. The molecule has 0 spiro atoms. The first-order valence-electron chi connectivity index (χ1n) is 11.7. The summed E-state index contributed by atoms with van der Waals surface area (Å²) in [7, 11) is 0. The van der Waals surface area contributed by atoms with Gasteiger partial charge in [-0.3, -0.25) is 9.78 Å². The van der Waals surface area contributed by atoms with Crippen molar-refractivity contribution in [2.45, 2.75) is 78.7 Å². The Morgan fingerprint density at radius 2 is 1.97 bits per heavy atom. The van der Waals surface area contributed by atoms with Crippen molar-refractivity contribution >= 4 is 11.5 Å². The van der Waals surface area contributed by atoms with Crippen LogP contribution in [0.3, 0.4) is 0 Å². The van der Waals surface area contributed by atoms with Crippen molar-refractivity contribution in [3.05, 3.63) is 35.7 Å². The zero-order chi connectivity index (χ0) is 20.4. The number of amides is 1. The van der Waals surface area contributed by atoms with E-state index in [0.29, 0.717) is 11.5 Å². The molecule has 0 N–H and O–H groups in total. The Labute approximate surface area is 176 Å². The lowest BCUT2D eigenvalue weighted by molar-refractivity contribution is -0.151. The number of nitrogens with zero attached hydrogens (tertiary/aromatic N) is 2. The molecule has 3 fully saturated rings. The fourth-order valence-corrected chi connectivity index (χ4v) is 8.18. The second-order valence-corrected chi connectivity index (χ2v) is 10.9. The van der Waals surface area contributed by atoms with E-state index in [0.717, 1.165) is 24.3 Å². The molecule has 3 nitrogen and oxygen atoms in total. The Morgan fingerprint density at radius 1 is 1.14 bits per heavy atom.